The Morgan fingerprint density at radius 3 is 2.42 bits per heavy atom. The predicted molar refractivity (Wildman–Crippen MR) is 145 cm³/mol. The van der Waals surface area contributed by atoms with E-state index in [1.165, 1.54) is 20.3 Å². The molecule has 2 aliphatic rings. The van der Waals surface area contributed by atoms with Crippen LogP contribution in [0.15, 0.2) is 51.7 Å². The number of fused-ring (bicyclic) bond motifs is 1. The van der Waals surface area contributed by atoms with Crippen LogP contribution in [0.1, 0.15) is 29.4 Å². The monoisotopic (exact) mass is 552 g/mol. The number of anilines is 1. The lowest BCUT2D eigenvalue weighted by Gasteiger charge is -2.36. The Kier molecular flexibility index (Phi) is 8.01. The van der Waals surface area contributed by atoms with Crippen LogP contribution in [0, 0.1) is 0 Å². The summed E-state index contributed by atoms with van der Waals surface area (Å²) >= 11 is 0. The van der Waals surface area contributed by atoms with Gasteiger partial charge in [0.1, 0.15) is 11.5 Å². The maximum absolute atomic E-state index is 12.9. The van der Waals surface area contributed by atoms with Crippen LogP contribution in [-0.2, 0) is 16.1 Å². The van der Waals surface area contributed by atoms with Gasteiger partial charge in [-0.15, -0.1) is 0 Å². The van der Waals surface area contributed by atoms with E-state index < -0.39 is 23.1 Å². The summed E-state index contributed by atoms with van der Waals surface area (Å²) in [5, 5.41) is 10.8. The number of carbonyl (C=O) groups is 1. The number of rotatable bonds is 9. The van der Waals surface area contributed by atoms with Crippen molar-refractivity contribution < 1.29 is 38.0 Å². The number of hydrogen-bond acceptors (Lipinski definition) is 11. The van der Waals surface area contributed by atoms with Crippen LogP contribution in [0.5, 0.6) is 28.7 Å². The molecule has 0 aliphatic carbocycles. The summed E-state index contributed by atoms with van der Waals surface area (Å²) in [6.45, 7) is 3.48. The van der Waals surface area contributed by atoms with Gasteiger partial charge in [0.15, 0.2) is 17.3 Å². The molecule has 2 aromatic carbocycles. The van der Waals surface area contributed by atoms with Gasteiger partial charge in [-0.25, -0.2) is 0 Å². The summed E-state index contributed by atoms with van der Waals surface area (Å²) in [6, 6.07) is 12.6. The first-order valence-corrected chi connectivity index (χ1v) is 12.9. The highest BCUT2D eigenvalue weighted by Gasteiger charge is 2.30. The third-order valence-corrected chi connectivity index (χ3v) is 7.19. The van der Waals surface area contributed by atoms with E-state index in [2.05, 4.69) is 9.80 Å². The highest BCUT2D eigenvalue weighted by atomic mass is 16.7. The zero-order valence-corrected chi connectivity index (χ0v) is 22.7. The fourth-order valence-electron chi connectivity index (χ4n) is 5.01. The van der Waals surface area contributed by atoms with Crippen LogP contribution in [-0.4, -0.2) is 70.3 Å². The van der Waals surface area contributed by atoms with E-state index in [1.807, 2.05) is 24.3 Å². The first-order chi connectivity index (χ1) is 19.4. The molecule has 11 heteroatoms. The van der Waals surface area contributed by atoms with Gasteiger partial charge in [0.2, 0.25) is 23.7 Å². The molecule has 1 fully saturated rings. The number of hydrogen-bond donors (Lipinski definition) is 1. The summed E-state index contributed by atoms with van der Waals surface area (Å²) in [5.74, 6) is 0.507. The lowest BCUT2D eigenvalue weighted by atomic mass is 9.91. The highest BCUT2D eigenvalue weighted by molar-refractivity contribution is 5.72. The van der Waals surface area contributed by atoms with Crippen LogP contribution in [0.3, 0.4) is 0 Å². The molecule has 212 valence electrons. The topological polar surface area (TPSA) is 120 Å². The van der Waals surface area contributed by atoms with Gasteiger partial charge in [-0.3, -0.25) is 14.5 Å². The van der Waals surface area contributed by atoms with Crippen molar-refractivity contribution in [2.75, 3.05) is 59.2 Å². The molecule has 1 aromatic heterocycles. The SMILES string of the molecule is COC(=O)C[C@H](c1cc(OC)c2c(c1)OCO2)c1oc(CN2CCN(c3ccc(OC)cc3)CC2)cc(=O)c1O. The molecule has 3 aromatic rings. The Balaban J connectivity index is 1.39. The molecule has 0 spiro atoms. The van der Waals surface area contributed by atoms with E-state index in [-0.39, 0.29) is 19.0 Å². The Morgan fingerprint density at radius 2 is 1.75 bits per heavy atom. The molecule has 0 unspecified atom stereocenters. The fourth-order valence-corrected chi connectivity index (χ4v) is 5.01. The Labute approximate surface area is 231 Å². The Bertz CT molecular complexity index is 1410. The highest BCUT2D eigenvalue weighted by Crippen LogP contribution is 2.45. The zero-order valence-electron chi connectivity index (χ0n) is 22.7. The molecule has 40 heavy (non-hydrogen) atoms. The average molecular weight is 553 g/mol. The second-order valence-corrected chi connectivity index (χ2v) is 9.54. The van der Waals surface area contributed by atoms with Crippen molar-refractivity contribution in [3.8, 4) is 28.7 Å². The first-order valence-electron chi connectivity index (χ1n) is 12.9. The number of aromatic hydroxyl groups is 1. The molecular weight excluding hydrogens is 520 g/mol. The maximum atomic E-state index is 12.9. The van der Waals surface area contributed by atoms with E-state index in [0.29, 0.717) is 35.1 Å². The second kappa shape index (κ2) is 11.8. The molecule has 3 heterocycles. The number of carbonyl (C=O) groups excluding carboxylic acids is 1. The van der Waals surface area contributed by atoms with Crippen LogP contribution < -0.4 is 29.3 Å². The van der Waals surface area contributed by atoms with E-state index in [1.54, 1.807) is 19.2 Å². The van der Waals surface area contributed by atoms with E-state index in [9.17, 15) is 14.7 Å². The van der Waals surface area contributed by atoms with Gasteiger partial charge in [-0.1, -0.05) is 0 Å². The van der Waals surface area contributed by atoms with Crippen molar-refractivity contribution in [1.29, 1.82) is 0 Å². The zero-order chi connectivity index (χ0) is 28.2. The summed E-state index contributed by atoms with van der Waals surface area (Å²) < 4.78 is 32.8. The predicted octanol–water partition coefficient (Wildman–Crippen LogP) is 3.11. The van der Waals surface area contributed by atoms with Gasteiger partial charge in [-0.2, -0.15) is 0 Å². The number of methoxy groups -OCH3 is 3. The maximum Gasteiger partial charge on any atom is 0.306 e. The van der Waals surface area contributed by atoms with Crippen LogP contribution in [0.2, 0.25) is 0 Å². The second-order valence-electron chi connectivity index (χ2n) is 9.54. The van der Waals surface area contributed by atoms with Gasteiger partial charge in [-0.05, 0) is 42.0 Å². The summed E-state index contributed by atoms with van der Waals surface area (Å²) in [4.78, 5) is 29.7. The van der Waals surface area contributed by atoms with Gasteiger partial charge >= 0.3 is 5.97 Å². The van der Waals surface area contributed by atoms with Crippen molar-refractivity contribution in [2.24, 2.45) is 0 Å². The molecule has 0 bridgehead atoms. The Hall–Kier alpha value is -4.38. The lowest BCUT2D eigenvalue weighted by Crippen LogP contribution is -2.46. The minimum Gasteiger partial charge on any atom is -0.502 e. The number of nitrogens with zero attached hydrogens (tertiary/aromatic N) is 2. The molecule has 0 radical (unpaired) electrons. The molecular formula is C29H32N2O9. The molecule has 0 saturated carbocycles. The smallest absolute Gasteiger partial charge is 0.306 e. The third kappa shape index (κ3) is 5.64. The summed E-state index contributed by atoms with van der Waals surface area (Å²) in [6.07, 6.45) is -0.181. The summed E-state index contributed by atoms with van der Waals surface area (Å²) in [7, 11) is 4.41. The minimum atomic E-state index is -0.838. The molecule has 5 rings (SSSR count). The average Bonchev–Trinajstić information content (AvgIpc) is 3.46. The molecule has 2 aliphatic heterocycles. The molecule has 1 atom stereocenters. The fraction of sp³-hybridized carbons (Fsp3) is 0.379. The largest absolute Gasteiger partial charge is 0.502 e. The molecule has 0 amide bonds. The number of ether oxygens (including phenoxy) is 5. The van der Waals surface area contributed by atoms with Crippen LogP contribution in [0.25, 0.3) is 0 Å². The van der Waals surface area contributed by atoms with Crippen molar-refractivity contribution in [3.63, 3.8) is 0 Å². The van der Waals surface area contributed by atoms with Gasteiger partial charge in [0.25, 0.3) is 0 Å². The van der Waals surface area contributed by atoms with Crippen molar-refractivity contribution in [3.05, 3.63) is 69.8 Å². The standard InChI is InChI=1S/C29H32N2O9/c1-35-20-6-4-19(5-7-20)31-10-8-30(9-11-31)16-21-14-23(32)27(34)28(40-21)22(15-26(33)37-3)18-12-24(36-2)29-25(13-18)38-17-39-29/h4-7,12-14,22,34H,8-11,15-17H2,1-3H3/t22-/m1/s1. The quantitative estimate of drug-likeness (QED) is 0.394. The minimum absolute atomic E-state index is 0.0225. The van der Waals surface area contributed by atoms with Crippen molar-refractivity contribution in [2.45, 2.75) is 18.9 Å². The number of esters is 1. The first kappa shape index (κ1) is 27.2. The van der Waals surface area contributed by atoms with E-state index in [4.69, 9.17) is 28.1 Å². The number of benzene rings is 2. The van der Waals surface area contributed by atoms with E-state index >= 15 is 0 Å². The van der Waals surface area contributed by atoms with Crippen LogP contribution >= 0.6 is 0 Å². The van der Waals surface area contributed by atoms with Gasteiger partial charge < -0.3 is 38.1 Å². The van der Waals surface area contributed by atoms with Gasteiger partial charge in [0, 0.05) is 37.9 Å². The molecule has 1 saturated heterocycles. The van der Waals surface area contributed by atoms with Crippen molar-refractivity contribution in [1.82, 2.24) is 4.90 Å². The molecule has 1 N–H and O–H groups in total. The Morgan fingerprint density at radius 1 is 1.00 bits per heavy atom. The lowest BCUT2D eigenvalue weighted by molar-refractivity contribution is -0.140. The number of piperazine rings is 1. The third-order valence-electron chi connectivity index (χ3n) is 7.19. The van der Waals surface area contributed by atoms with Crippen molar-refractivity contribution >= 4 is 11.7 Å². The van der Waals surface area contributed by atoms with Crippen LogP contribution in [0.4, 0.5) is 5.69 Å². The molecule has 11 nitrogen and oxygen atoms in total. The summed E-state index contributed by atoms with van der Waals surface area (Å²) in [5.41, 5.74) is 1.06. The normalized spacial score (nSPS) is 15.5. The van der Waals surface area contributed by atoms with E-state index in [0.717, 1.165) is 37.6 Å². The van der Waals surface area contributed by atoms with Gasteiger partial charge in [0.05, 0.1) is 40.2 Å².